The van der Waals surface area contributed by atoms with Crippen LogP contribution in [0.15, 0.2) is 24.4 Å². The van der Waals surface area contributed by atoms with Gasteiger partial charge in [0.2, 0.25) is 0 Å². The number of fused-ring (bicyclic) bond motifs is 4. The molecular weight excluding hydrogens is 344 g/mol. The number of thiazole rings is 1. The Kier molecular flexibility index (Phi) is 3.90. The molecule has 0 radical (unpaired) electrons. The van der Waals surface area contributed by atoms with E-state index in [4.69, 9.17) is 0 Å². The van der Waals surface area contributed by atoms with E-state index in [9.17, 15) is 4.79 Å². The van der Waals surface area contributed by atoms with Crippen molar-refractivity contribution in [3.8, 4) is 10.6 Å². The van der Waals surface area contributed by atoms with Crippen molar-refractivity contribution in [3.05, 3.63) is 35.0 Å². The highest BCUT2D eigenvalue weighted by molar-refractivity contribution is 7.14. The second-order valence-corrected chi connectivity index (χ2v) is 8.87. The van der Waals surface area contributed by atoms with Gasteiger partial charge < -0.3 is 4.90 Å². The van der Waals surface area contributed by atoms with Crippen LogP contribution in [0.5, 0.6) is 0 Å². The fraction of sp³-hybridized carbons (Fsp3) is 0.450. The molecule has 1 atom stereocenters. The van der Waals surface area contributed by atoms with Crippen LogP contribution in [-0.2, 0) is 0 Å². The molecule has 5 nitrogen and oxygen atoms in total. The second-order valence-electron chi connectivity index (χ2n) is 7.63. The van der Waals surface area contributed by atoms with E-state index in [1.807, 2.05) is 24.4 Å². The Morgan fingerprint density at radius 2 is 2.19 bits per heavy atom. The molecule has 3 aliphatic heterocycles. The van der Waals surface area contributed by atoms with E-state index in [0.717, 1.165) is 28.0 Å². The number of aromatic nitrogens is 3. The van der Waals surface area contributed by atoms with Gasteiger partial charge in [0.15, 0.2) is 5.78 Å². The SMILES string of the molecule is Cc1cnc(-c2ccc3c(C(=O)C[C@H]4CN5CCC4CC5)n[nH]c3c2)s1. The van der Waals surface area contributed by atoms with Gasteiger partial charge in [-0.15, -0.1) is 11.3 Å². The lowest BCUT2D eigenvalue weighted by Gasteiger charge is -2.44. The predicted molar refractivity (Wildman–Crippen MR) is 104 cm³/mol. The molecule has 3 saturated heterocycles. The highest BCUT2D eigenvalue weighted by Gasteiger charge is 2.35. The molecule has 0 aliphatic carbocycles. The number of Topliss-reactive ketones (excluding diaryl/α,β-unsaturated/α-hetero) is 1. The highest BCUT2D eigenvalue weighted by atomic mass is 32.1. The average Bonchev–Trinajstić information content (AvgIpc) is 3.28. The van der Waals surface area contributed by atoms with Gasteiger partial charge in [-0.05, 0) is 56.8 Å². The molecule has 3 aromatic rings. The van der Waals surface area contributed by atoms with E-state index in [2.05, 4.69) is 27.0 Å². The van der Waals surface area contributed by atoms with Crippen LogP contribution in [0.25, 0.3) is 21.5 Å². The summed E-state index contributed by atoms with van der Waals surface area (Å²) in [6.07, 6.45) is 5.00. The molecule has 0 amide bonds. The summed E-state index contributed by atoms with van der Waals surface area (Å²) < 4.78 is 0. The van der Waals surface area contributed by atoms with Gasteiger partial charge in [0.1, 0.15) is 10.7 Å². The van der Waals surface area contributed by atoms with Gasteiger partial charge in [-0.1, -0.05) is 6.07 Å². The molecule has 26 heavy (non-hydrogen) atoms. The lowest BCUT2D eigenvalue weighted by Crippen LogP contribution is -2.47. The number of nitrogens with one attached hydrogen (secondary N) is 1. The van der Waals surface area contributed by atoms with Crippen LogP contribution >= 0.6 is 11.3 Å². The minimum atomic E-state index is 0.174. The van der Waals surface area contributed by atoms with Gasteiger partial charge in [0, 0.05) is 35.0 Å². The zero-order valence-electron chi connectivity index (χ0n) is 14.9. The van der Waals surface area contributed by atoms with Crippen molar-refractivity contribution < 1.29 is 4.79 Å². The third kappa shape index (κ3) is 2.77. The van der Waals surface area contributed by atoms with Crippen molar-refractivity contribution in [1.29, 1.82) is 0 Å². The van der Waals surface area contributed by atoms with Gasteiger partial charge in [0.05, 0.1) is 5.52 Å². The molecule has 1 aromatic carbocycles. The molecule has 3 fully saturated rings. The van der Waals surface area contributed by atoms with Gasteiger partial charge in [-0.3, -0.25) is 9.89 Å². The van der Waals surface area contributed by atoms with Gasteiger partial charge in [0.25, 0.3) is 0 Å². The number of piperidine rings is 3. The van der Waals surface area contributed by atoms with Crippen LogP contribution in [0, 0.1) is 18.8 Å². The Hall–Kier alpha value is -2.05. The number of rotatable bonds is 4. The molecule has 0 unspecified atom stereocenters. The number of carbonyl (C=O) groups is 1. The Labute approximate surface area is 156 Å². The number of aromatic amines is 1. The second kappa shape index (κ2) is 6.28. The number of carbonyl (C=O) groups excluding carboxylic acids is 1. The number of hydrogen-bond donors (Lipinski definition) is 1. The molecule has 3 aliphatic rings. The lowest BCUT2D eigenvalue weighted by atomic mass is 9.76. The first kappa shape index (κ1) is 16.1. The maximum atomic E-state index is 12.9. The fourth-order valence-electron chi connectivity index (χ4n) is 4.51. The Bertz CT molecular complexity index is 967. The molecule has 6 heteroatoms. The van der Waals surface area contributed by atoms with Crippen LogP contribution in [0.4, 0.5) is 0 Å². The van der Waals surface area contributed by atoms with Gasteiger partial charge >= 0.3 is 0 Å². The summed E-state index contributed by atoms with van der Waals surface area (Å²) >= 11 is 1.68. The lowest BCUT2D eigenvalue weighted by molar-refractivity contribution is 0.0440. The first-order valence-corrected chi connectivity index (χ1v) is 10.2. The summed E-state index contributed by atoms with van der Waals surface area (Å²) in [4.78, 5) is 21.1. The van der Waals surface area contributed by atoms with Crippen LogP contribution in [0.1, 0.15) is 34.6 Å². The summed E-state index contributed by atoms with van der Waals surface area (Å²) in [5, 5.41) is 9.33. The van der Waals surface area contributed by atoms with Gasteiger partial charge in [-0.25, -0.2) is 4.98 Å². The van der Waals surface area contributed by atoms with Crippen LogP contribution < -0.4 is 0 Å². The molecular formula is C20H22N4OS. The van der Waals surface area contributed by atoms with Crippen LogP contribution in [-0.4, -0.2) is 45.5 Å². The highest BCUT2D eigenvalue weighted by Crippen LogP contribution is 2.35. The molecule has 5 heterocycles. The maximum absolute atomic E-state index is 12.9. The maximum Gasteiger partial charge on any atom is 0.184 e. The van der Waals surface area contributed by atoms with E-state index >= 15 is 0 Å². The molecule has 134 valence electrons. The Balaban J connectivity index is 1.39. The predicted octanol–water partition coefficient (Wildman–Crippen LogP) is 3.91. The average molecular weight is 366 g/mol. The Morgan fingerprint density at radius 1 is 1.35 bits per heavy atom. The topological polar surface area (TPSA) is 61.9 Å². The minimum Gasteiger partial charge on any atom is -0.303 e. The number of benzene rings is 1. The zero-order valence-corrected chi connectivity index (χ0v) is 15.7. The van der Waals surface area contributed by atoms with Crippen molar-refractivity contribution in [2.24, 2.45) is 11.8 Å². The minimum absolute atomic E-state index is 0.174. The van der Waals surface area contributed by atoms with E-state index in [1.54, 1.807) is 11.3 Å². The first-order valence-electron chi connectivity index (χ1n) is 9.34. The van der Waals surface area contributed by atoms with E-state index in [1.165, 1.54) is 30.8 Å². The smallest absolute Gasteiger partial charge is 0.184 e. The summed E-state index contributed by atoms with van der Waals surface area (Å²) in [6.45, 7) is 5.55. The number of H-pyrrole nitrogens is 1. The summed E-state index contributed by atoms with van der Waals surface area (Å²) in [6, 6.07) is 6.10. The monoisotopic (exact) mass is 366 g/mol. The molecule has 2 bridgehead atoms. The Morgan fingerprint density at radius 3 is 2.88 bits per heavy atom. The summed E-state index contributed by atoms with van der Waals surface area (Å²) in [5.74, 6) is 1.39. The summed E-state index contributed by atoms with van der Waals surface area (Å²) in [7, 11) is 0. The van der Waals surface area contributed by atoms with Crippen molar-refractivity contribution in [3.63, 3.8) is 0 Å². The number of nitrogens with zero attached hydrogens (tertiary/aromatic N) is 3. The van der Waals surface area contributed by atoms with Crippen molar-refractivity contribution in [1.82, 2.24) is 20.1 Å². The zero-order chi connectivity index (χ0) is 17.7. The van der Waals surface area contributed by atoms with E-state index in [-0.39, 0.29) is 5.78 Å². The third-order valence-corrected chi connectivity index (χ3v) is 6.90. The van der Waals surface area contributed by atoms with Crippen LogP contribution in [0.3, 0.4) is 0 Å². The normalized spacial score (nSPS) is 25.0. The standard InChI is InChI=1S/C20H22N4OS/c1-12-10-21-20(26-12)14-2-3-16-17(8-14)22-23-19(16)18(25)9-15-11-24-6-4-13(15)5-7-24/h2-3,8,10,13,15H,4-7,9,11H2,1H3,(H,22,23)/t15-/m0/s1. The first-order chi connectivity index (χ1) is 12.7. The molecule has 0 spiro atoms. The molecule has 0 saturated carbocycles. The summed E-state index contributed by atoms with van der Waals surface area (Å²) in [5.41, 5.74) is 2.57. The number of hydrogen-bond acceptors (Lipinski definition) is 5. The van der Waals surface area contributed by atoms with Crippen molar-refractivity contribution >= 4 is 28.0 Å². The third-order valence-electron chi connectivity index (χ3n) is 5.93. The quantitative estimate of drug-likeness (QED) is 0.711. The van der Waals surface area contributed by atoms with Crippen molar-refractivity contribution in [2.45, 2.75) is 26.2 Å². The fourth-order valence-corrected chi connectivity index (χ4v) is 5.27. The number of aryl methyl sites for hydroxylation is 1. The molecule has 2 aromatic heterocycles. The van der Waals surface area contributed by atoms with Crippen LogP contribution in [0.2, 0.25) is 0 Å². The van der Waals surface area contributed by atoms with Gasteiger partial charge in [-0.2, -0.15) is 5.10 Å². The molecule has 6 rings (SSSR count). The molecule has 1 N–H and O–H groups in total. The largest absolute Gasteiger partial charge is 0.303 e. The number of ketones is 1. The van der Waals surface area contributed by atoms with Crippen molar-refractivity contribution in [2.75, 3.05) is 19.6 Å². The van der Waals surface area contributed by atoms with E-state index < -0.39 is 0 Å². The van der Waals surface area contributed by atoms with E-state index in [0.29, 0.717) is 24.0 Å².